The molecule has 0 fully saturated rings. The predicted octanol–water partition coefficient (Wildman–Crippen LogP) is 22.8. The summed E-state index contributed by atoms with van der Waals surface area (Å²) in [6.45, 7) is 23.3. The first-order valence-electron chi connectivity index (χ1n) is 45.6. The maximum absolute atomic E-state index is 10.5. The molecule has 16 aromatic rings. The fourth-order valence-electron chi connectivity index (χ4n) is 18.2. The van der Waals surface area contributed by atoms with Gasteiger partial charge in [0.1, 0.15) is 0 Å². The molecule has 8 aromatic heterocycles. The summed E-state index contributed by atoms with van der Waals surface area (Å²) in [5.74, 6) is 0.179. The second-order valence-electron chi connectivity index (χ2n) is 36.1. The summed E-state index contributed by atoms with van der Waals surface area (Å²) in [6.07, 6.45) is 26.3. The Hall–Kier alpha value is -13.0. The van der Waals surface area contributed by atoms with E-state index in [1.807, 2.05) is 140 Å². The van der Waals surface area contributed by atoms with Crippen LogP contribution in [-0.4, -0.2) is 88.7 Å². The minimum atomic E-state index is -0.886. The number of aromatic amines is 4. The number of H-pyrrole nitrogens is 4. The average Bonchev–Trinajstić information content (AvgIpc) is 1.65. The molecule has 0 aliphatic heterocycles. The number of nitrogens with one attached hydrogen (secondary N) is 10. The van der Waals surface area contributed by atoms with E-state index >= 15 is 0 Å². The van der Waals surface area contributed by atoms with Crippen LogP contribution in [-0.2, 0) is 69.2 Å². The van der Waals surface area contributed by atoms with Crippen molar-refractivity contribution in [2.24, 2.45) is 5.92 Å². The molecule has 21 heteroatoms. The molecule has 2 aliphatic carbocycles. The number of aromatic nitrogens is 8. The number of para-hydroxylation sites is 4. The van der Waals surface area contributed by atoms with Gasteiger partial charge in [0.25, 0.3) is 0 Å². The predicted molar refractivity (Wildman–Crippen MR) is 530 cm³/mol. The van der Waals surface area contributed by atoms with Gasteiger partial charge in [-0.1, -0.05) is 98.8 Å². The van der Waals surface area contributed by atoms with Gasteiger partial charge in [-0.15, -0.1) is 0 Å². The van der Waals surface area contributed by atoms with Gasteiger partial charge in [0.15, 0.2) is 0 Å². The molecule has 21 nitrogen and oxygen atoms in total. The maximum Gasteiger partial charge on any atom is 0.0966 e. The zero-order valence-corrected chi connectivity index (χ0v) is 76.4. The van der Waals surface area contributed by atoms with Gasteiger partial charge in [-0.2, -0.15) is 0 Å². The van der Waals surface area contributed by atoms with Crippen molar-refractivity contribution < 1.29 is 35.7 Å². The highest BCUT2D eigenvalue weighted by Crippen LogP contribution is 2.40. The lowest BCUT2D eigenvalue weighted by molar-refractivity contribution is 0.0794. The molecule has 8 aromatic carbocycles. The van der Waals surface area contributed by atoms with Gasteiger partial charge >= 0.3 is 0 Å². The van der Waals surface area contributed by atoms with E-state index in [4.69, 9.17) is 0 Å². The number of aliphatic hydroxyl groups is 7. The number of rotatable bonds is 30. The zero-order valence-electron chi connectivity index (χ0n) is 76.4. The molecule has 17 N–H and O–H groups in total. The Bertz CT molecular complexity index is 6570. The highest BCUT2D eigenvalue weighted by Gasteiger charge is 2.28. The molecule has 0 saturated carbocycles. The summed E-state index contributed by atoms with van der Waals surface area (Å²) in [7, 11) is 0. The van der Waals surface area contributed by atoms with Crippen molar-refractivity contribution in [3.05, 3.63) is 344 Å². The van der Waals surface area contributed by atoms with Crippen LogP contribution in [0.1, 0.15) is 205 Å². The number of aryl methyl sites for hydroxylation is 8. The topological polar surface area (TPSA) is 329 Å². The lowest BCUT2D eigenvalue weighted by atomic mass is 9.94. The van der Waals surface area contributed by atoms with Crippen molar-refractivity contribution in [3.63, 3.8) is 0 Å². The van der Waals surface area contributed by atoms with Crippen LogP contribution in [0.4, 0.5) is 56.9 Å². The molecule has 4 atom stereocenters. The van der Waals surface area contributed by atoms with E-state index in [9.17, 15) is 35.7 Å². The third-order valence-corrected chi connectivity index (χ3v) is 25.3. The summed E-state index contributed by atoms with van der Waals surface area (Å²) >= 11 is 0. The molecule has 0 bridgehead atoms. The quantitative estimate of drug-likeness (QED) is 0.0199. The van der Waals surface area contributed by atoms with Crippen LogP contribution in [0, 0.1) is 33.6 Å². The summed E-state index contributed by atoms with van der Waals surface area (Å²) in [6, 6.07) is 61.8. The first kappa shape index (κ1) is 91.8. The minimum absolute atomic E-state index is 0.0665. The van der Waals surface area contributed by atoms with Gasteiger partial charge in [-0.05, 0) is 309 Å². The fourth-order valence-corrected chi connectivity index (χ4v) is 18.2. The van der Waals surface area contributed by atoms with Crippen LogP contribution in [0.25, 0.3) is 43.6 Å². The molecular formula is C109H124N14O7. The second kappa shape index (κ2) is 41.2. The molecule has 2 unspecified atom stereocenters. The minimum Gasteiger partial charge on any atom is -0.390 e. The number of hydrogen-bond donors (Lipinski definition) is 17. The molecule has 2 aliphatic rings. The van der Waals surface area contributed by atoms with E-state index < -0.39 is 35.6 Å². The average molecular weight is 1740 g/mol. The normalized spacial score (nSPS) is 14.0. The number of anilines is 10. The zero-order chi connectivity index (χ0) is 91.3. The largest absolute Gasteiger partial charge is 0.390 e. The van der Waals surface area contributed by atoms with E-state index in [-0.39, 0.29) is 12.5 Å². The molecular weight excluding hydrogens is 1620 g/mol. The van der Waals surface area contributed by atoms with Gasteiger partial charge in [0.05, 0.1) is 81.4 Å². The molecule has 130 heavy (non-hydrogen) atoms. The van der Waals surface area contributed by atoms with Crippen LogP contribution < -0.4 is 31.9 Å². The lowest BCUT2D eigenvalue weighted by Crippen LogP contribution is -2.15. The Morgan fingerprint density at radius 2 is 0.777 bits per heavy atom. The van der Waals surface area contributed by atoms with Crippen LogP contribution >= 0.6 is 0 Å². The molecule has 18 rings (SSSR count). The highest BCUT2D eigenvalue weighted by molar-refractivity contribution is 5.90. The van der Waals surface area contributed by atoms with Gasteiger partial charge in [-0.3, -0.25) is 19.9 Å². The molecule has 0 saturated heterocycles. The van der Waals surface area contributed by atoms with Crippen molar-refractivity contribution in [2.75, 3.05) is 45.0 Å². The van der Waals surface area contributed by atoms with Gasteiger partial charge < -0.3 is 87.6 Å². The first-order valence-corrected chi connectivity index (χ1v) is 45.6. The van der Waals surface area contributed by atoms with Crippen molar-refractivity contribution in [2.45, 2.75) is 195 Å². The van der Waals surface area contributed by atoms with Gasteiger partial charge in [0.2, 0.25) is 0 Å². The van der Waals surface area contributed by atoms with E-state index in [0.29, 0.717) is 5.69 Å². The lowest BCUT2D eigenvalue weighted by Gasteiger charge is -2.18. The van der Waals surface area contributed by atoms with Crippen LogP contribution in [0.5, 0.6) is 0 Å². The standard InChI is InChI=1S/C28H32N4O2.C28H31N3O2.C27H31N3O2.C26H30N4O/c1-17-15-19(32-24-12-14-30-27-21(24)8-10-25(27)33)7-9-23(17)29-13-11-18-16-31-26-20(18)5-4-6-22(26)28(2,3)34;1-17-15-21(31-25-13-14-29-28-24(25)11-12-26(28)33)10-9-19(17)5-3-6-20-16-30-27-22(18(2)32)7-4-8-23(20)27;1-18-14-21(30-22-12-13-28-23(15-22)17-31)11-10-19(18)6-4-7-20-16-29-26-24(20)8-5-9-25(26)27(2,3)32;1-17(2)26(31)23-6-4-5-22-19(16-29-25(22)23)9-14-28-24-8-7-21(15-18(24)3)30-20-10-12-27-13-11-20/h4-7,9,12,14-16,25,29,31,33-34H,8,10-11,13H2,1-3H3,(H,30,32);4,7-10,13-16,18,26,30,32-33H,3,5-6,11-12H2,1-2H3,(H,29,31);5,8-16,29,31-32H,4,6-7,17H2,1-3H3,(H,28,30);4-8,10-13,15-17,26,28-29,31H,9,14H2,1-3H3,(H,27,30)/t25-;18?,26-;;/m11../s1. The van der Waals surface area contributed by atoms with Crippen LogP contribution in [0.3, 0.4) is 0 Å². The number of nitrogens with zero attached hydrogens (tertiary/aromatic N) is 4. The van der Waals surface area contributed by atoms with Crippen molar-refractivity contribution in [3.8, 4) is 0 Å². The van der Waals surface area contributed by atoms with Crippen molar-refractivity contribution in [1.29, 1.82) is 0 Å². The maximum atomic E-state index is 10.5. The van der Waals surface area contributed by atoms with Crippen LogP contribution in [0.2, 0.25) is 0 Å². The number of benzene rings is 8. The number of pyridine rings is 4. The van der Waals surface area contributed by atoms with Gasteiger partial charge in [0, 0.05) is 170 Å². The first-order chi connectivity index (χ1) is 62.7. The molecule has 0 amide bonds. The Balaban J connectivity index is 0.000000133. The number of hydrogen-bond acceptors (Lipinski definition) is 17. The fraction of sp³-hybridized carbons (Fsp3) is 0.303. The smallest absolute Gasteiger partial charge is 0.0966 e. The highest BCUT2D eigenvalue weighted by atomic mass is 16.3. The summed E-state index contributed by atoms with van der Waals surface area (Å²) in [5.41, 5.74) is 33.7. The van der Waals surface area contributed by atoms with E-state index in [1.54, 1.807) is 31.0 Å². The number of fused-ring (bicyclic) bond motifs is 6. The summed E-state index contributed by atoms with van der Waals surface area (Å²) in [5, 5.41) is 96.6. The Morgan fingerprint density at radius 3 is 1.22 bits per heavy atom. The number of aliphatic hydroxyl groups excluding tert-OH is 5. The van der Waals surface area contributed by atoms with E-state index in [0.717, 1.165) is 219 Å². The monoisotopic (exact) mass is 1740 g/mol. The molecule has 0 radical (unpaired) electrons. The van der Waals surface area contributed by atoms with E-state index in [2.05, 4.69) is 215 Å². The van der Waals surface area contributed by atoms with Gasteiger partial charge in [-0.25, -0.2) is 0 Å². The summed E-state index contributed by atoms with van der Waals surface area (Å²) < 4.78 is 0. The third kappa shape index (κ3) is 22.0. The Morgan fingerprint density at radius 1 is 0.392 bits per heavy atom. The van der Waals surface area contributed by atoms with Crippen molar-refractivity contribution >= 4 is 100 Å². The van der Waals surface area contributed by atoms with Crippen molar-refractivity contribution in [1.82, 2.24) is 39.9 Å². The van der Waals surface area contributed by atoms with E-state index in [1.165, 1.54) is 71.8 Å². The SMILES string of the molecule is Cc1cc(Nc2ccnc(CO)c2)ccc1CCCc1c[nH]c2c(C(C)(C)O)cccc12.Cc1cc(Nc2ccnc3c2CC[C@H]3O)ccc1CCCc1c[nH]c2c(C(C)O)cccc12.Cc1cc(Nc2ccnc3c2CC[C@H]3O)ccc1NCCc1c[nH]c2c(C(C)(C)O)cccc12.Cc1cc(Nc2ccncc2)ccc1NCCc1c[nH]c2c(C(O)C(C)C)cccc12. The molecule has 0 spiro atoms. The molecule has 8 heterocycles. The Kier molecular flexibility index (Phi) is 29.1. The second-order valence-corrected chi connectivity index (χ2v) is 36.1. The Labute approximate surface area is 761 Å². The molecule has 672 valence electrons. The third-order valence-electron chi connectivity index (χ3n) is 25.3. The van der Waals surface area contributed by atoms with Crippen LogP contribution in [0.15, 0.2) is 238 Å². The summed E-state index contributed by atoms with van der Waals surface area (Å²) in [4.78, 5) is 30.3.